The number of fused-ring (bicyclic) bond motifs is 2. The van der Waals surface area contributed by atoms with Gasteiger partial charge < -0.3 is 14.8 Å². The minimum Gasteiger partial charge on any atom is -0.479 e. The SMILES string of the molecule is COc1nc(NC2CCC3(CC2)COC3)nn2ccc(-c3cnc4nccn4c3)c12. The van der Waals surface area contributed by atoms with Gasteiger partial charge in [-0.2, -0.15) is 4.98 Å². The first-order valence-corrected chi connectivity index (χ1v) is 10.3. The standard InChI is InChI=1S/C21H23N7O2/c1-29-18-17-16(14-10-23-20-22-7-9-27(20)11-14)4-8-28(17)26-19(25-18)24-15-2-5-21(6-3-15)12-30-13-21/h4,7-11,15H,2-3,5-6,12-13H2,1H3,(H,24,26). The maximum atomic E-state index is 5.64. The van der Waals surface area contributed by atoms with Crippen LogP contribution in [-0.2, 0) is 4.74 Å². The molecule has 2 fully saturated rings. The van der Waals surface area contributed by atoms with Gasteiger partial charge in [-0.1, -0.05) is 0 Å². The van der Waals surface area contributed by atoms with Crippen LogP contribution in [-0.4, -0.2) is 55.3 Å². The van der Waals surface area contributed by atoms with Crippen LogP contribution in [0, 0.1) is 5.41 Å². The van der Waals surface area contributed by atoms with E-state index in [1.54, 1.807) is 13.3 Å². The predicted octanol–water partition coefficient (Wildman–Crippen LogP) is 2.82. The maximum Gasteiger partial charge on any atom is 0.244 e. The molecule has 154 valence electrons. The molecule has 1 spiro atoms. The van der Waals surface area contributed by atoms with Gasteiger partial charge >= 0.3 is 0 Å². The molecule has 0 bridgehead atoms. The summed E-state index contributed by atoms with van der Waals surface area (Å²) in [6.07, 6.45) is 14.0. The molecule has 1 saturated heterocycles. The van der Waals surface area contributed by atoms with Crippen LogP contribution in [0.2, 0.25) is 0 Å². The van der Waals surface area contributed by atoms with Gasteiger partial charge in [-0.3, -0.25) is 4.40 Å². The number of hydrogen-bond donors (Lipinski definition) is 1. The molecule has 1 aliphatic carbocycles. The lowest BCUT2D eigenvalue weighted by molar-refractivity contribution is -0.131. The van der Waals surface area contributed by atoms with E-state index in [9.17, 15) is 0 Å². The molecule has 2 aliphatic rings. The molecule has 0 atom stereocenters. The molecule has 5 heterocycles. The second-order valence-electron chi connectivity index (χ2n) is 8.36. The highest BCUT2D eigenvalue weighted by Crippen LogP contribution is 2.42. The van der Waals surface area contributed by atoms with Gasteiger partial charge in [0.05, 0.1) is 20.3 Å². The summed E-state index contributed by atoms with van der Waals surface area (Å²) in [7, 11) is 1.64. The fourth-order valence-corrected chi connectivity index (χ4v) is 4.62. The highest BCUT2D eigenvalue weighted by atomic mass is 16.5. The Kier molecular flexibility index (Phi) is 3.92. The number of hydrogen-bond acceptors (Lipinski definition) is 7. The lowest BCUT2D eigenvalue weighted by Gasteiger charge is -2.46. The molecule has 0 aromatic carbocycles. The number of rotatable bonds is 4. The van der Waals surface area contributed by atoms with Crippen LogP contribution in [0.5, 0.6) is 5.88 Å². The van der Waals surface area contributed by atoms with E-state index in [4.69, 9.17) is 14.6 Å². The first-order valence-electron chi connectivity index (χ1n) is 10.3. The molecule has 1 N–H and O–H groups in total. The molecule has 30 heavy (non-hydrogen) atoms. The second kappa shape index (κ2) is 6.66. The maximum absolute atomic E-state index is 5.64. The van der Waals surface area contributed by atoms with E-state index < -0.39 is 0 Å². The van der Waals surface area contributed by atoms with Crippen molar-refractivity contribution in [2.75, 3.05) is 25.6 Å². The molecule has 9 nitrogen and oxygen atoms in total. The van der Waals surface area contributed by atoms with Crippen LogP contribution >= 0.6 is 0 Å². The van der Waals surface area contributed by atoms with Crippen molar-refractivity contribution in [1.29, 1.82) is 0 Å². The van der Waals surface area contributed by atoms with Crippen molar-refractivity contribution in [3.63, 3.8) is 0 Å². The van der Waals surface area contributed by atoms with Gasteiger partial charge in [0, 0.05) is 53.6 Å². The Morgan fingerprint density at radius 3 is 2.83 bits per heavy atom. The number of aromatic nitrogens is 6. The summed E-state index contributed by atoms with van der Waals surface area (Å²) in [5.74, 6) is 1.80. The van der Waals surface area contributed by atoms with Crippen LogP contribution in [0.1, 0.15) is 25.7 Å². The largest absolute Gasteiger partial charge is 0.479 e. The lowest BCUT2D eigenvalue weighted by Crippen LogP contribution is -2.47. The minimum atomic E-state index is 0.376. The highest BCUT2D eigenvalue weighted by molar-refractivity contribution is 5.84. The van der Waals surface area contributed by atoms with Gasteiger partial charge in [0.25, 0.3) is 0 Å². The Bertz CT molecular complexity index is 1220. The molecule has 0 radical (unpaired) electrons. The lowest BCUT2D eigenvalue weighted by atomic mass is 9.71. The molecular formula is C21H23N7O2. The number of imidazole rings is 1. The molecule has 1 saturated carbocycles. The van der Waals surface area contributed by atoms with Gasteiger partial charge in [0.2, 0.25) is 17.6 Å². The van der Waals surface area contributed by atoms with Crippen LogP contribution < -0.4 is 10.1 Å². The van der Waals surface area contributed by atoms with E-state index in [1.807, 2.05) is 39.8 Å². The Balaban J connectivity index is 1.31. The number of methoxy groups -OCH3 is 1. The van der Waals surface area contributed by atoms with E-state index >= 15 is 0 Å². The van der Waals surface area contributed by atoms with Crippen molar-refractivity contribution in [2.24, 2.45) is 5.41 Å². The number of nitrogens with zero attached hydrogens (tertiary/aromatic N) is 6. The van der Waals surface area contributed by atoms with E-state index in [1.165, 1.54) is 12.8 Å². The van der Waals surface area contributed by atoms with Crippen molar-refractivity contribution in [3.8, 4) is 17.0 Å². The number of nitrogens with one attached hydrogen (secondary N) is 1. The van der Waals surface area contributed by atoms with Crippen LogP contribution in [0.3, 0.4) is 0 Å². The Hall–Kier alpha value is -3.20. The first kappa shape index (κ1) is 17.6. The van der Waals surface area contributed by atoms with Crippen LogP contribution in [0.15, 0.2) is 37.1 Å². The molecule has 4 aromatic heterocycles. The highest BCUT2D eigenvalue weighted by Gasteiger charge is 2.41. The molecule has 4 aromatic rings. The van der Waals surface area contributed by atoms with Crippen LogP contribution in [0.25, 0.3) is 22.4 Å². The van der Waals surface area contributed by atoms with Crippen molar-refractivity contribution < 1.29 is 9.47 Å². The molecule has 1 aliphatic heterocycles. The minimum absolute atomic E-state index is 0.376. The molecule has 6 rings (SSSR count). The second-order valence-corrected chi connectivity index (χ2v) is 8.36. The fourth-order valence-electron chi connectivity index (χ4n) is 4.62. The predicted molar refractivity (Wildman–Crippen MR) is 111 cm³/mol. The zero-order valence-electron chi connectivity index (χ0n) is 16.8. The average molecular weight is 405 g/mol. The van der Waals surface area contributed by atoms with Gasteiger partial charge in [0.15, 0.2) is 0 Å². The third kappa shape index (κ3) is 2.80. The number of anilines is 1. The summed E-state index contributed by atoms with van der Waals surface area (Å²) >= 11 is 0. The zero-order valence-corrected chi connectivity index (χ0v) is 16.8. The van der Waals surface area contributed by atoms with Crippen molar-refractivity contribution in [2.45, 2.75) is 31.7 Å². The topological polar surface area (TPSA) is 90.9 Å². The number of ether oxygens (including phenoxy) is 2. The quantitative estimate of drug-likeness (QED) is 0.558. The summed E-state index contributed by atoms with van der Waals surface area (Å²) in [6.45, 7) is 1.84. The van der Waals surface area contributed by atoms with E-state index in [0.29, 0.717) is 29.1 Å². The van der Waals surface area contributed by atoms with Gasteiger partial charge in [0.1, 0.15) is 5.52 Å². The first-order chi connectivity index (χ1) is 14.7. The van der Waals surface area contributed by atoms with Gasteiger partial charge in [-0.15, -0.1) is 5.10 Å². The summed E-state index contributed by atoms with van der Waals surface area (Å²) in [5.41, 5.74) is 3.16. The van der Waals surface area contributed by atoms with E-state index in [2.05, 4.69) is 20.3 Å². The average Bonchev–Trinajstić information content (AvgIpc) is 3.39. The zero-order chi connectivity index (χ0) is 20.1. The van der Waals surface area contributed by atoms with Crippen molar-refractivity contribution in [3.05, 3.63) is 37.1 Å². The van der Waals surface area contributed by atoms with Crippen molar-refractivity contribution in [1.82, 2.24) is 29.0 Å². The van der Waals surface area contributed by atoms with Gasteiger partial charge in [-0.05, 0) is 31.7 Å². The molecular weight excluding hydrogens is 382 g/mol. The molecule has 0 amide bonds. The van der Waals surface area contributed by atoms with E-state index in [0.717, 1.165) is 42.7 Å². The summed E-state index contributed by atoms with van der Waals surface area (Å²) < 4.78 is 14.8. The third-order valence-electron chi connectivity index (χ3n) is 6.42. The molecule has 9 heteroatoms. The van der Waals surface area contributed by atoms with Crippen molar-refractivity contribution >= 4 is 17.2 Å². The smallest absolute Gasteiger partial charge is 0.244 e. The Labute approximate surface area is 173 Å². The monoisotopic (exact) mass is 405 g/mol. The fraction of sp³-hybridized carbons (Fsp3) is 0.429. The molecule has 0 unspecified atom stereocenters. The Morgan fingerprint density at radius 2 is 2.07 bits per heavy atom. The summed E-state index contributed by atoms with van der Waals surface area (Å²) in [4.78, 5) is 13.3. The normalized spacial score (nSPS) is 18.7. The van der Waals surface area contributed by atoms with E-state index in [-0.39, 0.29) is 0 Å². The summed E-state index contributed by atoms with van der Waals surface area (Å²) in [6, 6.07) is 2.39. The van der Waals surface area contributed by atoms with Crippen LogP contribution in [0.4, 0.5) is 5.95 Å². The summed E-state index contributed by atoms with van der Waals surface area (Å²) in [5, 5.41) is 8.21. The van der Waals surface area contributed by atoms with Gasteiger partial charge in [-0.25, -0.2) is 14.5 Å². The third-order valence-corrected chi connectivity index (χ3v) is 6.42. The Morgan fingerprint density at radius 1 is 1.20 bits per heavy atom.